The number of aldehydes is 1. The SMILES string of the molecule is C[C@@]1(O)CC[C@H]2[C@H](C[C@@H]3[C@@H]2CC[C@@]2(C)[C@H](CC=O)CC[C@@H]32)C1. The molecule has 2 heteroatoms. The van der Waals surface area contributed by atoms with Crippen LogP contribution in [-0.4, -0.2) is 17.0 Å². The van der Waals surface area contributed by atoms with Gasteiger partial charge in [0.25, 0.3) is 0 Å². The van der Waals surface area contributed by atoms with Crippen molar-refractivity contribution in [3.63, 3.8) is 0 Å². The Balaban J connectivity index is 1.56. The lowest BCUT2D eigenvalue weighted by molar-refractivity contribution is -0.110. The second-order valence-corrected chi connectivity index (χ2v) is 9.55. The van der Waals surface area contributed by atoms with Crippen molar-refractivity contribution in [2.24, 2.45) is 40.9 Å². The number of fused-ring (bicyclic) bond motifs is 5. The summed E-state index contributed by atoms with van der Waals surface area (Å²) in [6.45, 7) is 4.54. The Morgan fingerprint density at radius 1 is 1.05 bits per heavy atom. The van der Waals surface area contributed by atoms with E-state index in [1.165, 1.54) is 38.5 Å². The van der Waals surface area contributed by atoms with E-state index in [1.807, 2.05) is 6.92 Å². The third-order valence-corrected chi connectivity index (χ3v) is 8.52. The van der Waals surface area contributed by atoms with Crippen LogP contribution in [-0.2, 0) is 4.79 Å². The number of aliphatic hydroxyl groups is 1. The maximum absolute atomic E-state index is 11.1. The molecule has 124 valence electrons. The van der Waals surface area contributed by atoms with Crippen LogP contribution in [0.2, 0.25) is 0 Å². The van der Waals surface area contributed by atoms with Gasteiger partial charge in [0, 0.05) is 6.42 Å². The molecular weight excluding hydrogens is 272 g/mol. The van der Waals surface area contributed by atoms with Gasteiger partial charge in [0.1, 0.15) is 6.29 Å². The lowest BCUT2D eigenvalue weighted by Gasteiger charge is -2.48. The molecule has 4 aliphatic carbocycles. The Kier molecular flexibility index (Phi) is 3.49. The van der Waals surface area contributed by atoms with E-state index in [0.29, 0.717) is 11.3 Å². The minimum atomic E-state index is -0.409. The molecule has 4 aliphatic rings. The van der Waals surface area contributed by atoms with Gasteiger partial charge in [0.05, 0.1) is 5.60 Å². The lowest BCUT2D eigenvalue weighted by atomic mass is 9.57. The summed E-state index contributed by atoms with van der Waals surface area (Å²) in [6.07, 6.45) is 12.0. The largest absolute Gasteiger partial charge is 0.390 e. The molecule has 4 saturated carbocycles. The molecule has 0 aromatic carbocycles. The van der Waals surface area contributed by atoms with E-state index < -0.39 is 5.60 Å². The molecule has 8 atom stereocenters. The molecule has 0 heterocycles. The highest BCUT2D eigenvalue weighted by Gasteiger charge is 2.59. The van der Waals surface area contributed by atoms with Crippen LogP contribution in [0.4, 0.5) is 0 Å². The zero-order chi connectivity index (χ0) is 15.5. The molecule has 0 saturated heterocycles. The number of hydrogen-bond acceptors (Lipinski definition) is 2. The summed E-state index contributed by atoms with van der Waals surface area (Å²) in [4.78, 5) is 11.1. The highest BCUT2D eigenvalue weighted by molar-refractivity contribution is 5.50. The molecule has 1 N–H and O–H groups in total. The fraction of sp³-hybridized carbons (Fsp3) is 0.950. The molecule has 0 radical (unpaired) electrons. The van der Waals surface area contributed by atoms with Crippen molar-refractivity contribution in [1.82, 2.24) is 0 Å². The summed E-state index contributed by atoms with van der Waals surface area (Å²) in [6, 6.07) is 0. The van der Waals surface area contributed by atoms with E-state index >= 15 is 0 Å². The molecule has 0 bridgehead atoms. The summed E-state index contributed by atoms with van der Waals surface area (Å²) in [5, 5.41) is 10.5. The molecule has 0 amide bonds. The van der Waals surface area contributed by atoms with E-state index in [-0.39, 0.29) is 0 Å². The molecule has 4 rings (SSSR count). The van der Waals surface area contributed by atoms with Crippen LogP contribution in [0.5, 0.6) is 0 Å². The highest BCUT2D eigenvalue weighted by atomic mass is 16.3. The predicted octanol–water partition coefficient (Wildman–Crippen LogP) is 4.21. The van der Waals surface area contributed by atoms with E-state index in [2.05, 4.69) is 6.92 Å². The monoisotopic (exact) mass is 304 g/mol. The van der Waals surface area contributed by atoms with Crippen molar-refractivity contribution in [2.75, 3.05) is 0 Å². The third-order valence-electron chi connectivity index (χ3n) is 8.52. The van der Waals surface area contributed by atoms with Crippen molar-refractivity contribution in [1.29, 1.82) is 0 Å². The maximum Gasteiger partial charge on any atom is 0.120 e. The number of carbonyl (C=O) groups excluding carboxylic acids is 1. The van der Waals surface area contributed by atoms with Crippen molar-refractivity contribution < 1.29 is 9.90 Å². The summed E-state index contributed by atoms with van der Waals surface area (Å²) < 4.78 is 0. The van der Waals surface area contributed by atoms with Crippen LogP contribution in [0.1, 0.15) is 71.6 Å². The standard InChI is InChI=1S/C20H32O2/c1-19(22)8-5-15-13(12-19)11-17-16(15)6-9-20(2)14(7-10-21)3-4-18(17)20/h10,13-18,22H,3-9,11-12H2,1-2H3/t13-,14+,15+,16-,17-,18+,19-,20+/m1/s1. The topological polar surface area (TPSA) is 37.3 Å². The summed E-state index contributed by atoms with van der Waals surface area (Å²) in [5.74, 6) is 4.97. The van der Waals surface area contributed by atoms with Crippen LogP contribution < -0.4 is 0 Å². The van der Waals surface area contributed by atoms with Gasteiger partial charge in [-0.1, -0.05) is 6.92 Å². The Bertz CT molecular complexity index is 457. The van der Waals surface area contributed by atoms with Gasteiger partial charge in [0.15, 0.2) is 0 Å². The number of carbonyl (C=O) groups is 1. The predicted molar refractivity (Wildman–Crippen MR) is 87.3 cm³/mol. The molecule has 0 aromatic heterocycles. The quantitative estimate of drug-likeness (QED) is 0.776. The third kappa shape index (κ3) is 2.12. The Morgan fingerprint density at radius 2 is 1.82 bits per heavy atom. The van der Waals surface area contributed by atoms with E-state index in [9.17, 15) is 9.90 Å². The van der Waals surface area contributed by atoms with Gasteiger partial charge in [-0.2, -0.15) is 0 Å². The fourth-order valence-electron chi connectivity index (χ4n) is 7.50. The number of hydrogen-bond donors (Lipinski definition) is 1. The van der Waals surface area contributed by atoms with Gasteiger partial charge in [-0.15, -0.1) is 0 Å². The van der Waals surface area contributed by atoms with Crippen molar-refractivity contribution in [3.05, 3.63) is 0 Å². The average molecular weight is 304 g/mol. The molecule has 2 nitrogen and oxygen atoms in total. The van der Waals surface area contributed by atoms with Gasteiger partial charge >= 0.3 is 0 Å². The highest BCUT2D eigenvalue weighted by Crippen LogP contribution is 2.66. The molecule has 4 fully saturated rings. The average Bonchev–Trinajstić information content (AvgIpc) is 2.96. The van der Waals surface area contributed by atoms with Gasteiger partial charge in [-0.05, 0) is 99.2 Å². The Labute approximate surface area is 135 Å². The van der Waals surface area contributed by atoms with Crippen LogP contribution in [0.15, 0.2) is 0 Å². The van der Waals surface area contributed by atoms with Crippen LogP contribution in [0, 0.1) is 40.9 Å². The number of rotatable bonds is 2. The second-order valence-electron chi connectivity index (χ2n) is 9.55. The molecule has 22 heavy (non-hydrogen) atoms. The molecule has 0 aliphatic heterocycles. The van der Waals surface area contributed by atoms with Gasteiger partial charge in [-0.3, -0.25) is 0 Å². The van der Waals surface area contributed by atoms with Gasteiger partial charge in [0.2, 0.25) is 0 Å². The summed E-state index contributed by atoms with van der Waals surface area (Å²) in [5.41, 5.74) is 0.0196. The van der Waals surface area contributed by atoms with E-state index in [0.717, 1.165) is 55.1 Å². The van der Waals surface area contributed by atoms with Crippen molar-refractivity contribution in [2.45, 2.75) is 77.2 Å². The first-order valence-corrected chi connectivity index (χ1v) is 9.60. The van der Waals surface area contributed by atoms with Gasteiger partial charge in [-0.25, -0.2) is 0 Å². The first-order valence-electron chi connectivity index (χ1n) is 9.60. The maximum atomic E-state index is 11.1. The van der Waals surface area contributed by atoms with Crippen LogP contribution in [0.3, 0.4) is 0 Å². The Morgan fingerprint density at radius 3 is 2.59 bits per heavy atom. The second kappa shape index (κ2) is 5.06. The molecule has 0 unspecified atom stereocenters. The van der Waals surface area contributed by atoms with Crippen molar-refractivity contribution >= 4 is 6.29 Å². The first kappa shape index (κ1) is 15.2. The lowest BCUT2D eigenvalue weighted by Crippen LogP contribution is -2.41. The minimum Gasteiger partial charge on any atom is -0.390 e. The molecular formula is C20H32O2. The zero-order valence-electron chi connectivity index (χ0n) is 14.3. The minimum absolute atomic E-state index is 0.409. The fourth-order valence-corrected chi connectivity index (χ4v) is 7.50. The van der Waals surface area contributed by atoms with E-state index in [1.54, 1.807) is 0 Å². The molecule has 0 aromatic rings. The van der Waals surface area contributed by atoms with Crippen molar-refractivity contribution in [3.8, 4) is 0 Å². The van der Waals surface area contributed by atoms with Gasteiger partial charge < -0.3 is 9.90 Å². The zero-order valence-corrected chi connectivity index (χ0v) is 14.3. The smallest absolute Gasteiger partial charge is 0.120 e. The normalized spacial score (nSPS) is 57.0. The summed E-state index contributed by atoms with van der Waals surface area (Å²) in [7, 11) is 0. The first-order chi connectivity index (χ1) is 10.4. The van der Waals surface area contributed by atoms with Crippen LogP contribution in [0.25, 0.3) is 0 Å². The van der Waals surface area contributed by atoms with Crippen LogP contribution >= 0.6 is 0 Å². The summed E-state index contributed by atoms with van der Waals surface area (Å²) >= 11 is 0. The van der Waals surface area contributed by atoms with E-state index in [4.69, 9.17) is 0 Å². The molecule has 0 spiro atoms. The Hall–Kier alpha value is -0.370.